The van der Waals surface area contributed by atoms with Gasteiger partial charge in [0.25, 0.3) is 0 Å². The molecule has 0 aromatic carbocycles. The summed E-state index contributed by atoms with van der Waals surface area (Å²) in [6.07, 6.45) is 5.35. The quantitative estimate of drug-likeness (QED) is 0.710. The van der Waals surface area contributed by atoms with Crippen molar-refractivity contribution in [1.29, 1.82) is 0 Å². The van der Waals surface area contributed by atoms with Crippen molar-refractivity contribution in [3.05, 3.63) is 0 Å². The van der Waals surface area contributed by atoms with Crippen molar-refractivity contribution in [2.75, 3.05) is 19.6 Å². The molecule has 2 fully saturated rings. The zero-order valence-electron chi connectivity index (χ0n) is 11.6. The predicted molar refractivity (Wildman–Crippen MR) is 71.7 cm³/mol. The zero-order valence-corrected chi connectivity index (χ0v) is 11.6. The Morgan fingerprint density at radius 3 is 2.58 bits per heavy atom. The summed E-state index contributed by atoms with van der Waals surface area (Å²) in [7, 11) is 0. The molecule has 1 amide bonds. The Hall–Kier alpha value is -1.10. The van der Waals surface area contributed by atoms with E-state index in [1.54, 1.807) is 6.92 Å². The minimum atomic E-state index is -0.861. The second-order valence-electron chi connectivity index (χ2n) is 6.19. The molecule has 1 spiro atoms. The lowest BCUT2D eigenvalue weighted by Crippen LogP contribution is -2.39. The molecule has 108 valence electrons. The molecule has 1 atom stereocenters. The van der Waals surface area contributed by atoms with Gasteiger partial charge in [-0.2, -0.15) is 0 Å². The van der Waals surface area contributed by atoms with E-state index in [0.29, 0.717) is 5.41 Å². The molecular formula is C14H24N2O3. The van der Waals surface area contributed by atoms with Crippen LogP contribution in [0.25, 0.3) is 0 Å². The molecule has 1 heterocycles. The number of hydrogen-bond acceptors (Lipinski definition) is 3. The molecule has 5 nitrogen and oxygen atoms in total. The molecule has 3 N–H and O–H groups in total. The van der Waals surface area contributed by atoms with Crippen LogP contribution in [0, 0.1) is 17.3 Å². The van der Waals surface area contributed by atoms with E-state index in [-0.39, 0.29) is 18.4 Å². The monoisotopic (exact) mass is 268 g/mol. The Labute approximate surface area is 114 Å². The highest BCUT2D eigenvalue weighted by Crippen LogP contribution is 2.43. The minimum Gasteiger partial charge on any atom is -0.481 e. The summed E-state index contributed by atoms with van der Waals surface area (Å²) in [5, 5.41) is 15.0. The van der Waals surface area contributed by atoms with E-state index in [4.69, 9.17) is 5.11 Å². The third-order valence-corrected chi connectivity index (χ3v) is 4.75. The maximum atomic E-state index is 12.0. The molecule has 0 aromatic heterocycles. The van der Waals surface area contributed by atoms with Crippen molar-refractivity contribution in [2.45, 2.75) is 39.0 Å². The predicted octanol–water partition coefficient (Wildman–Crippen LogP) is 0.993. The Morgan fingerprint density at radius 1 is 1.37 bits per heavy atom. The standard InChI is InChI=1S/C14H24N2O3/c1-10(13(18)19)8-16-12(17)11-2-4-14(5-3-11)6-7-15-9-14/h10-11,15H,2-9H2,1H3,(H,16,17)(H,18,19). The maximum Gasteiger partial charge on any atom is 0.308 e. The molecular weight excluding hydrogens is 244 g/mol. The summed E-state index contributed by atoms with van der Waals surface area (Å²) in [4.78, 5) is 22.7. The first-order valence-electron chi connectivity index (χ1n) is 7.24. The van der Waals surface area contributed by atoms with Gasteiger partial charge in [-0.25, -0.2) is 0 Å². The van der Waals surface area contributed by atoms with Crippen molar-refractivity contribution in [3.63, 3.8) is 0 Å². The molecule has 1 aliphatic carbocycles. The SMILES string of the molecule is CC(CNC(=O)C1CCC2(CCNC2)CC1)C(=O)O. The Kier molecular flexibility index (Phi) is 4.45. The van der Waals surface area contributed by atoms with E-state index >= 15 is 0 Å². The van der Waals surface area contributed by atoms with Gasteiger partial charge in [0.15, 0.2) is 0 Å². The number of carboxylic acids is 1. The molecule has 1 saturated carbocycles. The molecule has 2 rings (SSSR count). The summed E-state index contributed by atoms with van der Waals surface area (Å²) >= 11 is 0. The first kappa shape index (κ1) is 14.3. The van der Waals surface area contributed by atoms with Gasteiger partial charge in [-0.05, 0) is 44.1 Å². The van der Waals surface area contributed by atoms with E-state index in [1.165, 1.54) is 6.42 Å². The molecule has 1 saturated heterocycles. The summed E-state index contributed by atoms with van der Waals surface area (Å²) in [6.45, 7) is 4.05. The van der Waals surface area contributed by atoms with Crippen LogP contribution in [0.5, 0.6) is 0 Å². The highest BCUT2D eigenvalue weighted by molar-refractivity contribution is 5.79. The van der Waals surface area contributed by atoms with E-state index in [1.807, 2.05) is 0 Å². The van der Waals surface area contributed by atoms with Crippen molar-refractivity contribution in [3.8, 4) is 0 Å². The highest BCUT2D eigenvalue weighted by Gasteiger charge is 2.39. The Bertz CT molecular complexity index is 341. The van der Waals surface area contributed by atoms with E-state index in [9.17, 15) is 9.59 Å². The van der Waals surface area contributed by atoms with Gasteiger partial charge in [0.2, 0.25) is 5.91 Å². The summed E-state index contributed by atoms with van der Waals surface area (Å²) in [6, 6.07) is 0. The number of carbonyl (C=O) groups excluding carboxylic acids is 1. The lowest BCUT2D eigenvalue weighted by molar-refractivity contribution is -0.141. The fraction of sp³-hybridized carbons (Fsp3) is 0.857. The fourth-order valence-electron chi connectivity index (χ4n) is 3.20. The highest BCUT2D eigenvalue weighted by atomic mass is 16.4. The van der Waals surface area contributed by atoms with Gasteiger partial charge in [-0.1, -0.05) is 6.92 Å². The zero-order chi connectivity index (χ0) is 13.9. The number of hydrogen-bond donors (Lipinski definition) is 3. The van der Waals surface area contributed by atoms with Crippen molar-refractivity contribution >= 4 is 11.9 Å². The van der Waals surface area contributed by atoms with E-state index in [0.717, 1.165) is 38.8 Å². The largest absolute Gasteiger partial charge is 0.481 e. The van der Waals surface area contributed by atoms with Gasteiger partial charge in [0, 0.05) is 19.0 Å². The van der Waals surface area contributed by atoms with Crippen LogP contribution in [0.1, 0.15) is 39.0 Å². The van der Waals surface area contributed by atoms with Gasteiger partial charge in [-0.3, -0.25) is 9.59 Å². The van der Waals surface area contributed by atoms with Gasteiger partial charge in [0.1, 0.15) is 0 Å². The van der Waals surface area contributed by atoms with Crippen LogP contribution in [0.4, 0.5) is 0 Å². The van der Waals surface area contributed by atoms with Crippen LogP contribution in [0.15, 0.2) is 0 Å². The number of carbonyl (C=O) groups is 2. The van der Waals surface area contributed by atoms with E-state index in [2.05, 4.69) is 10.6 Å². The van der Waals surface area contributed by atoms with E-state index < -0.39 is 11.9 Å². The van der Waals surface area contributed by atoms with Gasteiger partial charge in [-0.15, -0.1) is 0 Å². The van der Waals surface area contributed by atoms with Crippen LogP contribution in [0.2, 0.25) is 0 Å². The van der Waals surface area contributed by atoms with Crippen LogP contribution < -0.4 is 10.6 Å². The number of rotatable bonds is 4. The first-order chi connectivity index (χ1) is 9.02. The second-order valence-corrected chi connectivity index (χ2v) is 6.19. The molecule has 5 heteroatoms. The molecule has 0 bridgehead atoms. The Morgan fingerprint density at radius 2 is 2.05 bits per heavy atom. The lowest BCUT2D eigenvalue weighted by atomic mass is 9.70. The molecule has 2 aliphatic rings. The summed E-state index contributed by atoms with van der Waals surface area (Å²) in [5.41, 5.74) is 0.436. The third-order valence-electron chi connectivity index (χ3n) is 4.75. The average Bonchev–Trinajstić information content (AvgIpc) is 2.84. The summed E-state index contributed by atoms with van der Waals surface area (Å²) in [5.74, 6) is -1.26. The van der Waals surface area contributed by atoms with Gasteiger partial charge in [0.05, 0.1) is 5.92 Å². The van der Waals surface area contributed by atoms with Crippen LogP contribution >= 0.6 is 0 Å². The van der Waals surface area contributed by atoms with Gasteiger partial charge >= 0.3 is 5.97 Å². The van der Waals surface area contributed by atoms with Crippen molar-refractivity contribution < 1.29 is 14.7 Å². The smallest absolute Gasteiger partial charge is 0.308 e. The lowest BCUT2D eigenvalue weighted by Gasteiger charge is -2.36. The summed E-state index contributed by atoms with van der Waals surface area (Å²) < 4.78 is 0. The van der Waals surface area contributed by atoms with Crippen LogP contribution in [-0.4, -0.2) is 36.6 Å². The van der Waals surface area contributed by atoms with Gasteiger partial charge < -0.3 is 15.7 Å². The molecule has 0 radical (unpaired) electrons. The molecule has 0 aromatic rings. The fourth-order valence-corrected chi connectivity index (χ4v) is 3.20. The normalized spacial score (nSPS) is 32.2. The number of amides is 1. The molecule has 1 aliphatic heterocycles. The average molecular weight is 268 g/mol. The second kappa shape index (κ2) is 5.90. The topological polar surface area (TPSA) is 78.4 Å². The maximum absolute atomic E-state index is 12.0. The number of carboxylic acid groups (broad SMARTS) is 1. The van der Waals surface area contributed by atoms with Crippen molar-refractivity contribution in [2.24, 2.45) is 17.3 Å². The molecule has 1 unspecified atom stereocenters. The van der Waals surface area contributed by atoms with Crippen LogP contribution in [-0.2, 0) is 9.59 Å². The van der Waals surface area contributed by atoms with Crippen LogP contribution in [0.3, 0.4) is 0 Å². The third kappa shape index (κ3) is 3.47. The minimum absolute atomic E-state index is 0.0360. The number of nitrogens with one attached hydrogen (secondary N) is 2. The molecule has 19 heavy (non-hydrogen) atoms. The van der Waals surface area contributed by atoms with Crippen molar-refractivity contribution in [1.82, 2.24) is 10.6 Å². The first-order valence-corrected chi connectivity index (χ1v) is 7.24. The Balaban J connectivity index is 1.74. The number of aliphatic carboxylic acids is 1.